The lowest BCUT2D eigenvalue weighted by Crippen LogP contribution is -2.62. The molecule has 2 aliphatic heterocycles. The highest BCUT2D eigenvalue weighted by molar-refractivity contribution is 6.41. The second-order valence-corrected chi connectivity index (χ2v) is 11.4. The molecule has 0 aromatic heterocycles. The predicted molar refractivity (Wildman–Crippen MR) is 140 cm³/mol. The lowest BCUT2D eigenvalue weighted by molar-refractivity contribution is -0.307. The van der Waals surface area contributed by atoms with Gasteiger partial charge < -0.3 is 60.8 Å². The van der Waals surface area contributed by atoms with Gasteiger partial charge in [0.05, 0.1) is 55.0 Å². The SMILES string of the molecule is CC(C)/C=C/[C@@H](C[C@@H]1O[C@](O)(C[C@@H](O)C(C)C)C[C@H](O)[C@H]1C(=O)NCB(O)O)OC1OC(C)C(O)C(N)C1O. The van der Waals surface area contributed by atoms with Crippen molar-refractivity contribution in [1.29, 1.82) is 0 Å². The van der Waals surface area contributed by atoms with Crippen LogP contribution in [0.5, 0.6) is 0 Å². The van der Waals surface area contributed by atoms with E-state index in [4.69, 9.17) is 19.9 Å². The molecule has 2 fully saturated rings. The summed E-state index contributed by atoms with van der Waals surface area (Å²) in [4.78, 5) is 13.0. The maximum absolute atomic E-state index is 13.0. The fourth-order valence-corrected chi connectivity index (χ4v) is 4.76. The highest BCUT2D eigenvalue weighted by atomic mass is 16.7. The van der Waals surface area contributed by atoms with Crippen LogP contribution in [0.4, 0.5) is 0 Å². The van der Waals surface area contributed by atoms with Gasteiger partial charge in [-0.3, -0.25) is 4.79 Å². The number of aliphatic hydroxyl groups is 5. The quantitative estimate of drug-likeness (QED) is 0.0909. The van der Waals surface area contributed by atoms with Gasteiger partial charge in [-0.15, -0.1) is 0 Å². The molecule has 39 heavy (non-hydrogen) atoms. The van der Waals surface area contributed by atoms with Crippen LogP contribution in [0.25, 0.3) is 0 Å². The third kappa shape index (κ3) is 9.71. The fourth-order valence-electron chi connectivity index (χ4n) is 4.76. The Morgan fingerprint density at radius 1 is 1.18 bits per heavy atom. The Bertz CT molecular complexity index is 804. The summed E-state index contributed by atoms with van der Waals surface area (Å²) >= 11 is 0. The van der Waals surface area contributed by atoms with Crippen molar-refractivity contribution in [2.75, 3.05) is 6.44 Å². The number of hydrogen-bond donors (Lipinski definition) is 9. The summed E-state index contributed by atoms with van der Waals surface area (Å²) in [5.74, 6) is -4.05. The van der Waals surface area contributed by atoms with E-state index in [0.717, 1.165) is 0 Å². The van der Waals surface area contributed by atoms with E-state index in [0.29, 0.717) is 0 Å². The number of rotatable bonds is 12. The standard InChI is InChI=1S/C25H47BN2O11/c1-12(2)6-7-15(38-24-22(32)20(27)21(31)14(5)37-24)8-18-19(23(33)28-11-26(35)36)17(30)10-25(34,39-18)9-16(29)13(3)4/h6-7,12-22,24,29-32,34-36H,8-11,27H2,1-5H3,(H,28,33)/b7-6+/t14?,15-,16+,17-,18-,19+,20?,21?,22?,24?,25+/m0/s1. The van der Waals surface area contributed by atoms with Gasteiger partial charge in [-0.2, -0.15) is 0 Å². The summed E-state index contributed by atoms with van der Waals surface area (Å²) in [5, 5.41) is 74.1. The van der Waals surface area contributed by atoms with Gasteiger partial charge >= 0.3 is 7.12 Å². The number of ether oxygens (including phenoxy) is 3. The number of hydrogen-bond acceptors (Lipinski definition) is 12. The second-order valence-electron chi connectivity index (χ2n) is 11.4. The van der Waals surface area contributed by atoms with Gasteiger partial charge in [-0.1, -0.05) is 39.8 Å². The molecule has 0 radical (unpaired) electrons. The van der Waals surface area contributed by atoms with Crippen LogP contribution in [0.1, 0.15) is 53.9 Å². The Morgan fingerprint density at radius 2 is 1.82 bits per heavy atom. The van der Waals surface area contributed by atoms with Gasteiger partial charge in [0.15, 0.2) is 12.1 Å². The van der Waals surface area contributed by atoms with Crippen LogP contribution in [0.3, 0.4) is 0 Å². The van der Waals surface area contributed by atoms with E-state index in [1.807, 2.05) is 19.9 Å². The van der Waals surface area contributed by atoms with E-state index in [-0.39, 0.29) is 31.1 Å². The zero-order valence-electron chi connectivity index (χ0n) is 23.3. The van der Waals surface area contributed by atoms with E-state index >= 15 is 0 Å². The topological polar surface area (TPSA) is 224 Å². The van der Waals surface area contributed by atoms with Crippen LogP contribution >= 0.6 is 0 Å². The Kier molecular flexibility index (Phi) is 12.8. The van der Waals surface area contributed by atoms with Crippen molar-refractivity contribution in [2.24, 2.45) is 23.5 Å². The van der Waals surface area contributed by atoms with Gasteiger partial charge in [0.25, 0.3) is 0 Å². The average molecular weight is 562 g/mol. The first kappa shape index (κ1) is 34.0. The molecule has 2 aliphatic rings. The number of nitrogens with one attached hydrogen (secondary N) is 1. The van der Waals surface area contributed by atoms with Gasteiger partial charge in [0.1, 0.15) is 6.10 Å². The molecule has 14 heteroatoms. The highest BCUT2D eigenvalue weighted by Gasteiger charge is 2.50. The lowest BCUT2D eigenvalue weighted by atomic mass is 9.81. The third-order valence-electron chi connectivity index (χ3n) is 7.15. The number of aliphatic hydroxyl groups excluding tert-OH is 4. The van der Waals surface area contributed by atoms with Gasteiger partial charge in [0.2, 0.25) is 5.91 Å². The Morgan fingerprint density at radius 3 is 2.38 bits per heavy atom. The molecule has 0 bridgehead atoms. The van der Waals surface area contributed by atoms with Crippen LogP contribution in [0.2, 0.25) is 0 Å². The molecule has 2 saturated heterocycles. The Balaban J connectivity index is 2.36. The Labute approximate surface area is 230 Å². The van der Waals surface area contributed by atoms with Gasteiger partial charge in [0, 0.05) is 19.3 Å². The molecule has 0 aromatic rings. The molecule has 0 saturated carbocycles. The minimum Gasteiger partial charge on any atom is -0.426 e. The first-order valence-corrected chi connectivity index (χ1v) is 13.6. The van der Waals surface area contributed by atoms with Crippen LogP contribution in [-0.4, -0.2) is 116 Å². The summed E-state index contributed by atoms with van der Waals surface area (Å²) in [7, 11) is -1.82. The number of allylic oxidation sites excluding steroid dienone is 1. The lowest BCUT2D eigenvalue weighted by Gasteiger charge is -2.46. The minimum absolute atomic E-state index is 0.0948. The Hall–Kier alpha value is -1.17. The van der Waals surface area contributed by atoms with Crippen LogP contribution < -0.4 is 11.1 Å². The maximum atomic E-state index is 13.0. The molecular formula is C25H47BN2O11. The molecular weight excluding hydrogens is 515 g/mol. The van der Waals surface area contributed by atoms with E-state index < -0.39 is 86.2 Å². The molecule has 5 unspecified atom stereocenters. The molecule has 2 heterocycles. The smallest absolute Gasteiger partial charge is 0.426 e. The number of carbonyl (C=O) groups excluding carboxylic acids is 1. The summed E-state index contributed by atoms with van der Waals surface area (Å²) in [6, 6.07) is -1.03. The summed E-state index contributed by atoms with van der Waals surface area (Å²) in [6.07, 6.45) is -6.49. The van der Waals surface area contributed by atoms with E-state index in [2.05, 4.69) is 5.32 Å². The first-order chi connectivity index (χ1) is 18.0. The first-order valence-electron chi connectivity index (χ1n) is 13.6. The summed E-state index contributed by atoms with van der Waals surface area (Å²) in [5.41, 5.74) is 5.94. The number of carbonyl (C=O) groups is 1. The molecule has 13 nitrogen and oxygen atoms in total. The largest absolute Gasteiger partial charge is 0.472 e. The maximum Gasteiger partial charge on any atom is 0.472 e. The van der Waals surface area contributed by atoms with Crippen LogP contribution in [0, 0.1) is 17.8 Å². The molecule has 0 aromatic carbocycles. The number of amides is 1. The second kappa shape index (κ2) is 14.6. The molecule has 226 valence electrons. The van der Waals surface area contributed by atoms with Crippen molar-refractivity contribution in [3.8, 4) is 0 Å². The third-order valence-corrected chi connectivity index (χ3v) is 7.15. The zero-order valence-corrected chi connectivity index (χ0v) is 23.3. The summed E-state index contributed by atoms with van der Waals surface area (Å²) in [6.45, 7) is 8.97. The van der Waals surface area contributed by atoms with Gasteiger partial charge in [-0.05, 0) is 18.8 Å². The van der Waals surface area contributed by atoms with Crippen LogP contribution in [0.15, 0.2) is 12.2 Å². The minimum atomic E-state index is -1.96. The van der Waals surface area contributed by atoms with Crippen LogP contribution in [-0.2, 0) is 19.0 Å². The van der Waals surface area contributed by atoms with Crippen molar-refractivity contribution in [1.82, 2.24) is 5.32 Å². The normalized spacial score (nSPS) is 37.3. The van der Waals surface area contributed by atoms with Crippen molar-refractivity contribution in [3.63, 3.8) is 0 Å². The molecule has 0 spiro atoms. The van der Waals surface area contributed by atoms with Gasteiger partial charge in [-0.25, -0.2) is 0 Å². The highest BCUT2D eigenvalue weighted by Crippen LogP contribution is 2.38. The molecule has 0 aliphatic carbocycles. The zero-order chi connectivity index (χ0) is 29.7. The van der Waals surface area contributed by atoms with Crippen molar-refractivity contribution < 1.29 is 54.6 Å². The summed E-state index contributed by atoms with van der Waals surface area (Å²) < 4.78 is 17.7. The molecule has 10 N–H and O–H groups in total. The average Bonchev–Trinajstić information content (AvgIpc) is 2.82. The van der Waals surface area contributed by atoms with E-state index in [1.54, 1.807) is 26.8 Å². The van der Waals surface area contributed by atoms with Crippen molar-refractivity contribution in [3.05, 3.63) is 12.2 Å². The van der Waals surface area contributed by atoms with Crippen molar-refractivity contribution >= 4 is 13.0 Å². The number of nitrogens with two attached hydrogens (primary N) is 1. The fraction of sp³-hybridized carbons (Fsp3) is 0.880. The molecule has 1 amide bonds. The monoisotopic (exact) mass is 562 g/mol. The molecule has 11 atom stereocenters. The van der Waals surface area contributed by atoms with Crippen molar-refractivity contribution in [2.45, 2.75) is 115 Å². The predicted octanol–water partition coefficient (Wildman–Crippen LogP) is -2.24. The van der Waals surface area contributed by atoms with E-state index in [1.165, 1.54) is 0 Å². The van der Waals surface area contributed by atoms with E-state index in [9.17, 15) is 40.4 Å². The molecule has 2 rings (SSSR count).